The zero-order valence-electron chi connectivity index (χ0n) is 9.90. The van der Waals surface area contributed by atoms with E-state index < -0.39 is 0 Å². The largest absolute Gasteiger partial charge is 0.313 e. The highest BCUT2D eigenvalue weighted by Gasteiger charge is 2.15. The zero-order chi connectivity index (χ0) is 12.3. The van der Waals surface area contributed by atoms with E-state index in [4.69, 9.17) is 0 Å². The summed E-state index contributed by atoms with van der Waals surface area (Å²) >= 11 is 1.60. The summed E-state index contributed by atoms with van der Waals surface area (Å²) in [7, 11) is 1.85. The highest BCUT2D eigenvalue weighted by molar-refractivity contribution is 7.09. The van der Waals surface area contributed by atoms with Gasteiger partial charge >= 0.3 is 0 Å². The first-order valence-electron chi connectivity index (χ1n) is 5.52. The number of nitrogens with zero attached hydrogens (tertiary/aromatic N) is 1. The van der Waals surface area contributed by atoms with Gasteiger partial charge in [-0.2, -0.15) is 0 Å². The number of aromatic nitrogens is 1. The van der Waals surface area contributed by atoms with E-state index in [2.05, 4.69) is 10.3 Å². The normalized spacial score (nSPS) is 12.6. The minimum Gasteiger partial charge on any atom is -0.313 e. The van der Waals surface area contributed by atoms with Gasteiger partial charge in [0.1, 0.15) is 5.82 Å². The van der Waals surface area contributed by atoms with Crippen molar-refractivity contribution in [2.75, 3.05) is 7.05 Å². The molecule has 0 radical (unpaired) electrons. The van der Waals surface area contributed by atoms with Crippen LogP contribution in [0, 0.1) is 12.7 Å². The predicted molar refractivity (Wildman–Crippen MR) is 68.8 cm³/mol. The van der Waals surface area contributed by atoms with Crippen LogP contribution in [0.1, 0.15) is 22.2 Å². The molecule has 90 valence electrons. The summed E-state index contributed by atoms with van der Waals surface area (Å²) in [6.07, 6.45) is 2.49. The van der Waals surface area contributed by atoms with Crippen molar-refractivity contribution in [1.29, 1.82) is 0 Å². The van der Waals surface area contributed by atoms with Crippen LogP contribution in [0.4, 0.5) is 4.39 Å². The molecule has 17 heavy (non-hydrogen) atoms. The third kappa shape index (κ3) is 2.90. The SMILES string of the molecule is CNC(Cc1nccs1)c1cc(C)ccc1F. The molecular weight excluding hydrogens is 235 g/mol. The maximum absolute atomic E-state index is 13.8. The predicted octanol–water partition coefficient (Wildman–Crippen LogP) is 3.09. The Kier molecular flexibility index (Phi) is 3.86. The fourth-order valence-corrected chi connectivity index (χ4v) is 2.49. The maximum atomic E-state index is 13.8. The van der Waals surface area contributed by atoms with Crippen molar-refractivity contribution in [3.63, 3.8) is 0 Å². The van der Waals surface area contributed by atoms with Gasteiger partial charge in [0, 0.05) is 29.6 Å². The van der Waals surface area contributed by atoms with E-state index >= 15 is 0 Å². The highest BCUT2D eigenvalue weighted by Crippen LogP contribution is 2.22. The molecule has 0 saturated carbocycles. The van der Waals surface area contributed by atoms with Gasteiger partial charge in [-0.3, -0.25) is 0 Å². The zero-order valence-corrected chi connectivity index (χ0v) is 10.7. The lowest BCUT2D eigenvalue weighted by atomic mass is 10.0. The van der Waals surface area contributed by atoms with Crippen LogP contribution >= 0.6 is 11.3 Å². The first kappa shape index (κ1) is 12.2. The molecule has 1 unspecified atom stereocenters. The van der Waals surface area contributed by atoms with Crippen LogP contribution in [0.5, 0.6) is 0 Å². The first-order chi connectivity index (χ1) is 8.20. The molecule has 4 heteroatoms. The molecule has 0 amide bonds. The number of thiazole rings is 1. The van der Waals surface area contributed by atoms with Crippen LogP contribution in [0.2, 0.25) is 0 Å². The molecule has 1 aromatic heterocycles. The van der Waals surface area contributed by atoms with Crippen LogP contribution in [0.3, 0.4) is 0 Å². The Morgan fingerprint density at radius 3 is 2.94 bits per heavy atom. The molecule has 0 aliphatic rings. The van der Waals surface area contributed by atoms with E-state index in [9.17, 15) is 4.39 Å². The number of aryl methyl sites for hydroxylation is 1. The second-order valence-corrected chi connectivity index (χ2v) is 4.98. The second-order valence-electron chi connectivity index (χ2n) is 4.00. The lowest BCUT2D eigenvalue weighted by Crippen LogP contribution is -2.20. The fourth-order valence-electron chi connectivity index (χ4n) is 1.83. The van der Waals surface area contributed by atoms with Crippen LogP contribution in [0.15, 0.2) is 29.8 Å². The van der Waals surface area contributed by atoms with Gasteiger partial charge in [-0.25, -0.2) is 9.37 Å². The molecular formula is C13H15FN2S. The molecule has 1 aromatic carbocycles. The van der Waals surface area contributed by atoms with E-state index in [1.807, 2.05) is 25.4 Å². The molecule has 1 N–H and O–H groups in total. The molecule has 2 rings (SSSR count). The summed E-state index contributed by atoms with van der Waals surface area (Å²) in [6, 6.07) is 5.18. The Balaban J connectivity index is 2.25. The standard InChI is InChI=1S/C13H15FN2S/c1-9-3-4-11(14)10(7-9)12(15-2)8-13-16-5-6-17-13/h3-7,12,15H,8H2,1-2H3. The monoisotopic (exact) mass is 250 g/mol. The van der Waals surface area contributed by atoms with E-state index in [1.54, 1.807) is 23.6 Å². The van der Waals surface area contributed by atoms with Crippen LogP contribution in [-0.2, 0) is 6.42 Å². The molecule has 1 heterocycles. The first-order valence-corrected chi connectivity index (χ1v) is 6.40. The highest BCUT2D eigenvalue weighted by atomic mass is 32.1. The van der Waals surface area contributed by atoms with Crippen molar-refractivity contribution in [3.8, 4) is 0 Å². The van der Waals surface area contributed by atoms with Gasteiger partial charge < -0.3 is 5.32 Å². The van der Waals surface area contributed by atoms with Crippen LogP contribution < -0.4 is 5.32 Å². The molecule has 0 saturated heterocycles. The van der Waals surface area contributed by atoms with Crippen molar-refractivity contribution in [3.05, 3.63) is 51.7 Å². The van der Waals surface area contributed by atoms with Crippen molar-refractivity contribution in [2.24, 2.45) is 0 Å². The minimum absolute atomic E-state index is 0.0268. The quantitative estimate of drug-likeness (QED) is 0.902. The Morgan fingerprint density at radius 2 is 2.29 bits per heavy atom. The van der Waals surface area contributed by atoms with E-state index in [0.717, 1.165) is 10.6 Å². The summed E-state index contributed by atoms with van der Waals surface area (Å²) in [5.41, 5.74) is 1.78. The lowest BCUT2D eigenvalue weighted by molar-refractivity contribution is 0.532. The van der Waals surface area contributed by atoms with Gasteiger partial charge in [-0.15, -0.1) is 11.3 Å². The molecule has 0 aliphatic heterocycles. The third-order valence-corrected chi connectivity index (χ3v) is 3.54. The number of benzene rings is 1. The molecule has 0 spiro atoms. The topological polar surface area (TPSA) is 24.9 Å². The number of likely N-dealkylation sites (N-methyl/N-ethyl adjacent to an activating group) is 1. The van der Waals surface area contributed by atoms with Crippen molar-refractivity contribution in [1.82, 2.24) is 10.3 Å². The van der Waals surface area contributed by atoms with E-state index in [-0.39, 0.29) is 11.9 Å². The summed E-state index contributed by atoms with van der Waals surface area (Å²) < 4.78 is 13.8. The molecule has 0 aliphatic carbocycles. The van der Waals surface area contributed by atoms with Gasteiger partial charge in [0.15, 0.2) is 0 Å². The van der Waals surface area contributed by atoms with Gasteiger partial charge in [-0.05, 0) is 20.0 Å². The molecule has 1 atom stereocenters. The van der Waals surface area contributed by atoms with Crippen molar-refractivity contribution >= 4 is 11.3 Å². The number of hydrogen-bond donors (Lipinski definition) is 1. The van der Waals surface area contributed by atoms with E-state index in [1.165, 1.54) is 6.07 Å². The van der Waals surface area contributed by atoms with Crippen molar-refractivity contribution < 1.29 is 4.39 Å². The lowest BCUT2D eigenvalue weighted by Gasteiger charge is -2.16. The average Bonchev–Trinajstić information content (AvgIpc) is 2.82. The number of halogens is 1. The van der Waals surface area contributed by atoms with Gasteiger partial charge in [0.2, 0.25) is 0 Å². The van der Waals surface area contributed by atoms with Gasteiger partial charge in [0.05, 0.1) is 5.01 Å². The molecule has 2 nitrogen and oxygen atoms in total. The Labute approximate surface area is 105 Å². The van der Waals surface area contributed by atoms with Crippen LogP contribution in [0.25, 0.3) is 0 Å². The Bertz CT molecular complexity index is 482. The Hall–Kier alpha value is -1.26. The van der Waals surface area contributed by atoms with Gasteiger partial charge in [-0.1, -0.05) is 17.7 Å². The second kappa shape index (κ2) is 5.38. The van der Waals surface area contributed by atoms with Gasteiger partial charge in [0.25, 0.3) is 0 Å². The van der Waals surface area contributed by atoms with Crippen LogP contribution in [-0.4, -0.2) is 12.0 Å². The average molecular weight is 250 g/mol. The third-order valence-electron chi connectivity index (χ3n) is 2.74. The summed E-state index contributed by atoms with van der Waals surface area (Å²) in [5.74, 6) is -0.161. The minimum atomic E-state index is -0.161. The summed E-state index contributed by atoms with van der Waals surface area (Å²) in [5, 5.41) is 6.11. The Morgan fingerprint density at radius 1 is 1.47 bits per heavy atom. The maximum Gasteiger partial charge on any atom is 0.128 e. The number of nitrogens with one attached hydrogen (secondary N) is 1. The molecule has 0 fully saturated rings. The number of rotatable bonds is 4. The molecule has 2 aromatic rings. The smallest absolute Gasteiger partial charge is 0.128 e. The fraction of sp³-hybridized carbons (Fsp3) is 0.308. The number of hydrogen-bond acceptors (Lipinski definition) is 3. The summed E-state index contributed by atoms with van der Waals surface area (Å²) in [6.45, 7) is 1.97. The van der Waals surface area contributed by atoms with Crippen molar-refractivity contribution in [2.45, 2.75) is 19.4 Å². The summed E-state index contributed by atoms with van der Waals surface area (Å²) in [4.78, 5) is 4.24. The molecule has 0 bridgehead atoms. The van der Waals surface area contributed by atoms with E-state index in [0.29, 0.717) is 12.0 Å².